The van der Waals surface area contributed by atoms with Crippen LogP contribution in [0.25, 0.3) is 0 Å². The highest BCUT2D eigenvalue weighted by Gasteiger charge is 2.33. The maximum absolute atomic E-state index is 2.31. The number of fused-ring (bicyclic) bond motifs is 1. The van der Waals surface area contributed by atoms with E-state index in [4.69, 9.17) is 0 Å². The lowest BCUT2D eigenvalue weighted by Crippen LogP contribution is -2.30. The van der Waals surface area contributed by atoms with Gasteiger partial charge in [-0.1, -0.05) is 84.0 Å². The van der Waals surface area contributed by atoms with Gasteiger partial charge in [0.2, 0.25) is 0 Å². The van der Waals surface area contributed by atoms with Crippen molar-refractivity contribution in [2.45, 2.75) is 90.4 Å². The van der Waals surface area contributed by atoms with Gasteiger partial charge in [0.1, 0.15) is 0 Å². The second-order valence-electron chi connectivity index (χ2n) is 6.60. The van der Waals surface area contributed by atoms with Gasteiger partial charge in [0.25, 0.3) is 0 Å². The quantitative estimate of drug-likeness (QED) is 0.500. The molecule has 0 N–H and O–H groups in total. The fourth-order valence-electron chi connectivity index (χ4n) is 4.44. The van der Waals surface area contributed by atoms with Crippen molar-refractivity contribution in [3.05, 3.63) is 0 Å². The summed E-state index contributed by atoms with van der Waals surface area (Å²) in [7, 11) is 0. The molecule has 3 unspecified atom stereocenters. The molecule has 17 heavy (non-hydrogen) atoms. The molecule has 0 heterocycles. The Morgan fingerprint density at radius 1 is 0.765 bits per heavy atom. The molecule has 2 aliphatic rings. The standard InChI is InChI=1S/C17H32/c1-2-3-4-5-6-10-15-12-9-13-16-11-7-8-14-17(15)16/h15-17H,2-14H2,1H3. The van der Waals surface area contributed by atoms with Crippen LogP contribution in [0.2, 0.25) is 0 Å². The highest BCUT2D eigenvalue weighted by molar-refractivity contribution is 4.85. The second-order valence-corrected chi connectivity index (χ2v) is 6.60. The van der Waals surface area contributed by atoms with E-state index in [1.807, 2.05) is 0 Å². The van der Waals surface area contributed by atoms with Crippen LogP contribution >= 0.6 is 0 Å². The maximum Gasteiger partial charge on any atom is -0.0357 e. The van der Waals surface area contributed by atoms with Crippen molar-refractivity contribution in [1.82, 2.24) is 0 Å². The lowest BCUT2D eigenvalue weighted by molar-refractivity contribution is 0.0961. The number of hydrogen-bond donors (Lipinski definition) is 0. The minimum Gasteiger partial charge on any atom is -0.0654 e. The molecule has 0 saturated heterocycles. The zero-order valence-electron chi connectivity index (χ0n) is 11.9. The summed E-state index contributed by atoms with van der Waals surface area (Å²) >= 11 is 0. The molecule has 2 saturated carbocycles. The van der Waals surface area contributed by atoms with Crippen molar-refractivity contribution in [1.29, 1.82) is 0 Å². The van der Waals surface area contributed by atoms with Gasteiger partial charge < -0.3 is 0 Å². The first-order valence-corrected chi connectivity index (χ1v) is 8.42. The Kier molecular flexibility index (Phi) is 5.88. The summed E-state index contributed by atoms with van der Waals surface area (Å²) in [6, 6.07) is 0. The Labute approximate surface area is 109 Å². The first kappa shape index (κ1) is 13.4. The summed E-state index contributed by atoms with van der Waals surface area (Å²) in [5.74, 6) is 3.40. The lowest BCUT2D eigenvalue weighted by atomic mass is 9.64. The third-order valence-corrected chi connectivity index (χ3v) is 5.40. The molecule has 2 rings (SSSR count). The van der Waals surface area contributed by atoms with Gasteiger partial charge in [-0.2, -0.15) is 0 Å². The first-order valence-electron chi connectivity index (χ1n) is 8.42. The first-order chi connectivity index (χ1) is 8.42. The van der Waals surface area contributed by atoms with E-state index in [9.17, 15) is 0 Å². The maximum atomic E-state index is 2.31. The Hall–Kier alpha value is 0. The van der Waals surface area contributed by atoms with Crippen molar-refractivity contribution in [3.8, 4) is 0 Å². The second kappa shape index (κ2) is 7.44. The molecule has 2 aliphatic carbocycles. The number of rotatable bonds is 6. The van der Waals surface area contributed by atoms with E-state index in [-0.39, 0.29) is 0 Å². The van der Waals surface area contributed by atoms with Crippen LogP contribution in [0.5, 0.6) is 0 Å². The third kappa shape index (κ3) is 4.00. The van der Waals surface area contributed by atoms with Gasteiger partial charge in [0.05, 0.1) is 0 Å². The van der Waals surface area contributed by atoms with Crippen molar-refractivity contribution < 1.29 is 0 Å². The zero-order valence-corrected chi connectivity index (χ0v) is 11.9. The minimum atomic E-state index is 1.12. The Morgan fingerprint density at radius 2 is 1.53 bits per heavy atom. The Bertz CT molecular complexity index is 194. The van der Waals surface area contributed by atoms with Crippen LogP contribution < -0.4 is 0 Å². The van der Waals surface area contributed by atoms with E-state index in [0.29, 0.717) is 0 Å². The highest BCUT2D eigenvalue weighted by Crippen LogP contribution is 2.45. The molecule has 2 fully saturated rings. The molecular formula is C17H32. The predicted molar refractivity (Wildman–Crippen MR) is 76.2 cm³/mol. The molecule has 0 bridgehead atoms. The van der Waals surface area contributed by atoms with E-state index in [1.165, 1.54) is 44.9 Å². The molecule has 0 aliphatic heterocycles. The predicted octanol–water partition coefficient (Wildman–Crippen LogP) is 5.95. The van der Waals surface area contributed by atoms with Crippen LogP contribution in [0.4, 0.5) is 0 Å². The average Bonchev–Trinajstić information content (AvgIpc) is 2.39. The topological polar surface area (TPSA) is 0 Å². The summed E-state index contributed by atoms with van der Waals surface area (Å²) < 4.78 is 0. The average molecular weight is 236 g/mol. The van der Waals surface area contributed by atoms with E-state index >= 15 is 0 Å². The molecule has 0 aromatic rings. The normalized spacial score (nSPS) is 33.4. The molecule has 0 aromatic carbocycles. The minimum absolute atomic E-state index is 1.12. The van der Waals surface area contributed by atoms with Crippen molar-refractivity contribution in [2.24, 2.45) is 17.8 Å². The molecule has 0 aromatic heterocycles. The van der Waals surface area contributed by atoms with Gasteiger partial charge in [-0.05, 0) is 24.2 Å². The molecule has 0 amide bonds. The monoisotopic (exact) mass is 236 g/mol. The van der Waals surface area contributed by atoms with Crippen LogP contribution in [0, 0.1) is 17.8 Å². The van der Waals surface area contributed by atoms with Gasteiger partial charge in [0.15, 0.2) is 0 Å². The molecule has 0 heteroatoms. The van der Waals surface area contributed by atoms with Crippen LogP contribution in [0.1, 0.15) is 90.4 Å². The Morgan fingerprint density at radius 3 is 2.41 bits per heavy atom. The summed E-state index contributed by atoms with van der Waals surface area (Å²) in [5.41, 5.74) is 0. The third-order valence-electron chi connectivity index (χ3n) is 5.40. The molecule has 0 radical (unpaired) electrons. The highest BCUT2D eigenvalue weighted by atomic mass is 14.4. The van der Waals surface area contributed by atoms with Gasteiger partial charge in [0, 0.05) is 0 Å². The van der Waals surface area contributed by atoms with Crippen LogP contribution in [-0.2, 0) is 0 Å². The molecule has 3 atom stereocenters. The zero-order chi connectivity index (χ0) is 11.9. The van der Waals surface area contributed by atoms with E-state index in [1.54, 1.807) is 38.5 Å². The summed E-state index contributed by atoms with van der Waals surface area (Å²) in [5, 5.41) is 0. The van der Waals surface area contributed by atoms with E-state index < -0.39 is 0 Å². The van der Waals surface area contributed by atoms with Crippen molar-refractivity contribution >= 4 is 0 Å². The van der Waals surface area contributed by atoms with Crippen LogP contribution in [0.3, 0.4) is 0 Å². The number of unbranched alkanes of at least 4 members (excludes halogenated alkanes) is 4. The summed E-state index contributed by atoms with van der Waals surface area (Å²) in [4.78, 5) is 0. The number of hydrogen-bond acceptors (Lipinski definition) is 0. The van der Waals surface area contributed by atoms with E-state index in [2.05, 4.69) is 6.92 Å². The van der Waals surface area contributed by atoms with Crippen molar-refractivity contribution in [3.63, 3.8) is 0 Å². The van der Waals surface area contributed by atoms with E-state index in [0.717, 1.165) is 17.8 Å². The lowest BCUT2D eigenvalue weighted by Gasteiger charge is -2.41. The SMILES string of the molecule is CCCCCCCC1CCCC2CCCCC12. The van der Waals surface area contributed by atoms with Gasteiger partial charge in [-0.25, -0.2) is 0 Å². The fourth-order valence-corrected chi connectivity index (χ4v) is 4.44. The Balaban J connectivity index is 1.67. The summed E-state index contributed by atoms with van der Waals surface area (Å²) in [6.07, 6.45) is 19.8. The van der Waals surface area contributed by atoms with Gasteiger partial charge in [-0.3, -0.25) is 0 Å². The summed E-state index contributed by atoms with van der Waals surface area (Å²) in [6.45, 7) is 2.31. The van der Waals surface area contributed by atoms with Gasteiger partial charge >= 0.3 is 0 Å². The molecule has 0 nitrogen and oxygen atoms in total. The van der Waals surface area contributed by atoms with Gasteiger partial charge in [-0.15, -0.1) is 0 Å². The molecular weight excluding hydrogens is 204 g/mol. The molecule has 0 spiro atoms. The smallest absolute Gasteiger partial charge is 0.0357 e. The van der Waals surface area contributed by atoms with Crippen LogP contribution in [0.15, 0.2) is 0 Å². The fraction of sp³-hybridized carbons (Fsp3) is 1.00. The van der Waals surface area contributed by atoms with Crippen molar-refractivity contribution in [2.75, 3.05) is 0 Å². The molecule has 100 valence electrons. The van der Waals surface area contributed by atoms with Crippen LogP contribution in [-0.4, -0.2) is 0 Å². The largest absolute Gasteiger partial charge is 0.0654 e.